The number of hydrogen-bond acceptors (Lipinski definition) is 2. The molecule has 100 valence electrons. The van der Waals surface area contributed by atoms with Crippen LogP contribution in [0, 0.1) is 5.82 Å². The summed E-state index contributed by atoms with van der Waals surface area (Å²) in [4.78, 5) is 1.98. The Hall–Kier alpha value is -2.55. The molecule has 3 heteroatoms. The van der Waals surface area contributed by atoms with Crippen molar-refractivity contribution in [2.75, 3.05) is 17.7 Å². The molecule has 0 atom stereocenters. The van der Waals surface area contributed by atoms with E-state index in [1.54, 1.807) is 6.07 Å². The molecule has 0 aromatic heterocycles. The van der Waals surface area contributed by atoms with Crippen molar-refractivity contribution in [3.63, 3.8) is 0 Å². The number of nitrogens with two attached hydrogens (primary N) is 1. The molecule has 0 saturated heterocycles. The Morgan fingerprint density at radius 2 is 1.65 bits per heavy atom. The fourth-order valence-corrected chi connectivity index (χ4v) is 2.46. The van der Waals surface area contributed by atoms with Crippen LogP contribution in [-0.4, -0.2) is 7.05 Å². The highest BCUT2D eigenvalue weighted by Gasteiger charge is 2.10. The maximum absolute atomic E-state index is 13.2. The van der Waals surface area contributed by atoms with E-state index in [-0.39, 0.29) is 5.82 Å². The maximum atomic E-state index is 13.2. The van der Waals surface area contributed by atoms with Gasteiger partial charge in [0.05, 0.1) is 11.4 Å². The summed E-state index contributed by atoms with van der Waals surface area (Å²) < 4.78 is 13.2. The van der Waals surface area contributed by atoms with Gasteiger partial charge in [0, 0.05) is 18.1 Å². The number of nitrogens with zero attached hydrogens (tertiary/aromatic N) is 1. The number of hydrogen-bond donors (Lipinski definition) is 1. The van der Waals surface area contributed by atoms with Crippen molar-refractivity contribution in [1.82, 2.24) is 0 Å². The second-order valence-electron chi connectivity index (χ2n) is 4.76. The summed E-state index contributed by atoms with van der Waals surface area (Å²) in [5, 5.41) is 2.30. The average molecular weight is 266 g/mol. The number of halogens is 1. The van der Waals surface area contributed by atoms with Crippen molar-refractivity contribution in [3.05, 3.63) is 66.5 Å². The number of rotatable bonds is 2. The smallest absolute Gasteiger partial charge is 0.125 e. The van der Waals surface area contributed by atoms with Crippen LogP contribution in [0.25, 0.3) is 10.8 Å². The summed E-state index contributed by atoms with van der Waals surface area (Å²) >= 11 is 0. The van der Waals surface area contributed by atoms with Gasteiger partial charge in [-0.05, 0) is 29.7 Å². The van der Waals surface area contributed by atoms with Crippen LogP contribution in [0.1, 0.15) is 0 Å². The zero-order chi connectivity index (χ0) is 14.1. The number of nitrogen functional groups attached to an aromatic ring is 1. The van der Waals surface area contributed by atoms with E-state index in [0.717, 1.165) is 22.1 Å². The number of anilines is 3. The number of fused-ring (bicyclic) bond motifs is 1. The summed E-state index contributed by atoms with van der Waals surface area (Å²) in [6, 6.07) is 18.7. The molecule has 0 amide bonds. The molecular formula is C17H15FN2. The van der Waals surface area contributed by atoms with Crippen LogP contribution in [0.5, 0.6) is 0 Å². The molecule has 0 spiro atoms. The minimum atomic E-state index is -0.322. The second kappa shape index (κ2) is 4.85. The average Bonchev–Trinajstić information content (AvgIpc) is 2.46. The van der Waals surface area contributed by atoms with Crippen molar-refractivity contribution in [2.24, 2.45) is 0 Å². The third-order valence-corrected chi connectivity index (χ3v) is 3.48. The lowest BCUT2D eigenvalue weighted by atomic mass is 10.1. The van der Waals surface area contributed by atoms with Crippen molar-refractivity contribution in [1.29, 1.82) is 0 Å². The van der Waals surface area contributed by atoms with Gasteiger partial charge < -0.3 is 10.6 Å². The molecule has 0 bridgehead atoms. The van der Waals surface area contributed by atoms with E-state index in [4.69, 9.17) is 5.73 Å². The second-order valence-corrected chi connectivity index (χ2v) is 4.76. The molecular weight excluding hydrogens is 251 g/mol. The summed E-state index contributed by atoms with van der Waals surface area (Å²) in [5.41, 5.74) is 8.19. The Morgan fingerprint density at radius 1 is 0.900 bits per heavy atom. The minimum absolute atomic E-state index is 0.322. The lowest BCUT2D eigenvalue weighted by molar-refractivity contribution is 0.628. The topological polar surface area (TPSA) is 29.3 Å². The van der Waals surface area contributed by atoms with Gasteiger partial charge in [0.2, 0.25) is 0 Å². The third kappa shape index (κ3) is 2.07. The lowest BCUT2D eigenvalue weighted by Gasteiger charge is -2.23. The Bertz CT molecular complexity index is 763. The standard InChI is InChI=1S/C17H15FN2/c1-20(17-10-9-13(18)11-15(17)19)16-8-4-6-12-5-2-3-7-14(12)16/h2-11H,19H2,1H3. The van der Waals surface area contributed by atoms with Crippen LogP contribution in [-0.2, 0) is 0 Å². The van der Waals surface area contributed by atoms with Crippen molar-refractivity contribution in [2.45, 2.75) is 0 Å². The summed E-state index contributed by atoms with van der Waals surface area (Å²) in [6.07, 6.45) is 0. The Kier molecular flexibility index (Phi) is 3.03. The van der Waals surface area contributed by atoms with Gasteiger partial charge >= 0.3 is 0 Å². The molecule has 2 nitrogen and oxygen atoms in total. The van der Waals surface area contributed by atoms with Crippen molar-refractivity contribution >= 4 is 27.8 Å². The molecule has 3 aromatic carbocycles. The Morgan fingerprint density at radius 3 is 2.45 bits per heavy atom. The zero-order valence-electron chi connectivity index (χ0n) is 11.2. The van der Waals surface area contributed by atoms with Gasteiger partial charge in [-0.1, -0.05) is 36.4 Å². The van der Waals surface area contributed by atoms with Crippen LogP contribution < -0.4 is 10.6 Å². The van der Waals surface area contributed by atoms with Crippen LogP contribution in [0.15, 0.2) is 60.7 Å². The maximum Gasteiger partial charge on any atom is 0.125 e. The van der Waals surface area contributed by atoms with Gasteiger partial charge in [-0.2, -0.15) is 0 Å². The van der Waals surface area contributed by atoms with Crippen LogP contribution >= 0.6 is 0 Å². The highest BCUT2D eigenvalue weighted by atomic mass is 19.1. The van der Waals surface area contributed by atoms with E-state index in [1.807, 2.05) is 36.2 Å². The first-order valence-corrected chi connectivity index (χ1v) is 6.43. The third-order valence-electron chi connectivity index (χ3n) is 3.48. The van der Waals surface area contributed by atoms with Crippen LogP contribution in [0.3, 0.4) is 0 Å². The van der Waals surface area contributed by atoms with E-state index in [2.05, 4.69) is 18.2 Å². The Balaban J connectivity index is 2.15. The van der Waals surface area contributed by atoms with Gasteiger partial charge in [0.1, 0.15) is 5.82 Å². The first-order chi connectivity index (χ1) is 9.66. The lowest BCUT2D eigenvalue weighted by Crippen LogP contribution is -2.12. The SMILES string of the molecule is CN(c1ccc(F)cc1N)c1cccc2ccccc12. The van der Waals surface area contributed by atoms with Crippen molar-refractivity contribution in [3.8, 4) is 0 Å². The molecule has 3 rings (SSSR count). The summed E-state index contributed by atoms with van der Waals surface area (Å²) in [7, 11) is 1.94. The fourth-order valence-electron chi connectivity index (χ4n) is 2.46. The zero-order valence-corrected chi connectivity index (χ0v) is 11.2. The first-order valence-electron chi connectivity index (χ1n) is 6.43. The molecule has 3 aromatic rings. The Labute approximate surface area is 117 Å². The molecule has 0 unspecified atom stereocenters. The molecule has 0 fully saturated rings. The van der Waals surface area contributed by atoms with Crippen LogP contribution in [0.4, 0.5) is 21.5 Å². The molecule has 2 N–H and O–H groups in total. The molecule has 0 saturated carbocycles. The van der Waals surface area contributed by atoms with E-state index in [0.29, 0.717) is 5.69 Å². The highest BCUT2D eigenvalue weighted by Crippen LogP contribution is 2.33. The highest BCUT2D eigenvalue weighted by molar-refractivity contribution is 5.96. The summed E-state index contributed by atoms with van der Waals surface area (Å²) in [5.74, 6) is -0.322. The van der Waals surface area contributed by atoms with E-state index < -0.39 is 0 Å². The van der Waals surface area contributed by atoms with Gasteiger partial charge in [-0.3, -0.25) is 0 Å². The van der Waals surface area contributed by atoms with Crippen LogP contribution in [0.2, 0.25) is 0 Å². The van der Waals surface area contributed by atoms with Gasteiger partial charge in [-0.25, -0.2) is 4.39 Å². The van der Waals surface area contributed by atoms with E-state index in [9.17, 15) is 4.39 Å². The monoisotopic (exact) mass is 266 g/mol. The molecule has 0 aliphatic carbocycles. The van der Waals surface area contributed by atoms with Gasteiger partial charge in [0.15, 0.2) is 0 Å². The number of benzene rings is 3. The molecule has 0 radical (unpaired) electrons. The van der Waals surface area contributed by atoms with Gasteiger partial charge in [0.25, 0.3) is 0 Å². The quantitative estimate of drug-likeness (QED) is 0.699. The van der Waals surface area contributed by atoms with Gasteiger partial charge in [-0.15, -0.1) is 0 Å². The predicted molar refractivity (Wildman–Crippen MR) is 82.8 cm³/mol. The molecule has 0 aliphatic heterocycles. The van der Waals surface area contributed by atoms with E-state index >= 15 is 0 Å². The summed E-state index contributed by atoms with van der Waals surface area (Å²) in [6.45, 7) is 0. The molecule has 0 heterocycles. The first kappa shape index (κ1) is 12.5. The van der Waals surface area contributed by atoms with E-state index in [1.165, 1.54) is 12.1 Å². The largest absolute Gasteiger partial charge is 0.397 e. The normalized spacial score (nSPS) is 10.7. The van der Waals surface area contributed by atoms with Crippen molar-refractivity contribution < 1.29 is 4.39 Å². The predicted octanol–water partition coefficient (Wildman–Crippen LogP) is 4.33. The molecule has 0 aliphatic rings. The molecule has 20 heavy (non-hydrogen) atoms. The minimum Gasteiger partial charge on any atom is -0.397 e. The fraction of sp³-hybridized carbons (Fsp3) is 0.0588.